The minimum atomic E-state index is -1.21. The number of carbonyl (C=O) groups excluding carboxylic acids is 1. The van der Waals surface area contributed by atoms with E-state index in [1.165, 1.54) is 6.92 Å². The van der Waals surface area contributed by atoms with Crippen LogP contribution in [0.15, 0.2) is 41.3 Å². The van der Waals surface area contributed by atoms with E-state index in [4.69, 9.17) is 4.74 Å². The van der Waals surface area contributed by atoms with Gasteiger partial charge in [0.15, 0.2) is 0 Å². The lowest BCUT2D eigenvalue weighted by Gasteiger charge is -2.31. The van der Waals surface area contributed by atoms with Gasteiger partial charge in [0.2, 0.25) is 5.91 Å². The van der Waals surface area contributed by atoms with E-state index in [0.29, 0.717) is 31.7 Å². The second-order valence-corrected chi connectivity index (χ2v) is 8.05. The molecule has 1 aliphatic heterocycles. The Morgan fingerprint density at radius 2 is 1.97 bits per heavy atom. The van der Waals surface area contributed by atoms with Crippen molar-refractivity contribution >= 4 is 11.9 Å². The number of amides is 1. The molecule has 7 heteroatoms. The molecule has 2 aromatic rings. The van der Waals surface area contributed by atoms with E-state index in [1.54, 1.807) is 15.7 Å². The van der Waals surface area contributed by atoms with Crippen LogP contribution in [0, 0.1) is 0 Å². The summed E-state index contributed by atoms with van der Waals surface area (Å²) in [4.78, 5) is 38.6. The van der Waals surface area contributed by atoms with Gasteiger partial charge < -0.3 is 19.3 Å². The van der Waals surface area contributed by atoms with Gasteiger partial charge in [-0.15, -0.1) is 0 Å². The zero-order chi connectivity index (χ0) is 21.3. The Hall–Kier alpha value is -2.93. The molecule has 1 saturated carbocycles. The molecule has 1 amide bonds. The fraction of sp³-hybridized carbons (Fsp3) is 0.435. The maximum Gasteiger partial charge on any atom is 0.341 e. The molecule has 0 saturated heterocycles. The van der Waals surface area contributed by atoms with Crippen molar-refractivity contribution < 1.29 is 19.4 Å². The van der Waals surface area contributed by atoms with Gasteiger partial charge >= 0.3 is 5.97 Å². The number of carbonyl (C=O) groups is 2. The summed E-state index contributed by atoms with van der Waals surface area (Å²) < 4.78 is 7.69. The highest BCUT2D eigenvalue weighted by atomic mass is 16.5. The van der Waals surface area contributed by atoms with Crippen LogP contribution in [-0.2, 0) is 29.1 Å². The van der Waals surface area contributed by atoms with E-state index >= 15 is 0 Å². The predicted molar refractivity (Wildman–Crippen MR) is 110 cm³/mol. The van der Waals surface area contributed by atoms with Crippen molar-refractivity contribution in [2.24, 2.45) is 0 Å². The van der Waals surface area contributed by atoms with Crippen LogP contribution >= 0.6 is 0 Å². The highest BCUT2D eigenvalue weighted by molar-refractivity contribution is 5.89. The Balaban J connectivity index is 1.66. The molecule has 1 aromatic carbocycles. The fourth-order valence-corrected chi connectivity index (χ4v) is 4.61. The molecule has 30 heavy (non-hydrogen) atoms. The standard InChI is InChI=1S/C23H26N2O5/c1-15(26)24-11-10-18-17(12-24)13-25(22(27)21(18)23(28)29)19-8-5-9-20(19)30-14-16-6-3-2-4-7-16/h2-4,6-7,13,19-20H,5,8-12,14H2,1H3,(H,28,29)/t19-,20-/m1/s1. The molecule has 1 fully saturated rings. The Kier molecular flexibility index (Phi) is 5.72. The summed E-state index contributed by atoms with van der Waals surface area (Å²) in [5, 5.41) is 9.76. The summed E-state index contributed by atoms with van der Waals surface area (Å²) >= 11 is 0. The molecule has 158 valence electrons. The summed E-state index contributed by atoms with van der Waals surface area (Å²) in [6, 6.07) is 9.64. The van der Waals surface area contributed by atoms with E-state index in [9.17, 15) is 19.5 Å². The van der Waals surface area contributed by atoms with Crippen molar-refractivity contribution in [3.05, 3.63) is 69.1 Å². The van der Waals surface area contributed by atoms with Crippen LogP contribution in [0.5, 0.6) is 0 Å². The highest BCUT2D eigenvalue weighted by Crippen LogP contribution is 2.33. The minimum Gasteiger partial charge on any atom is -0.477 e. The van der Waals surface area contributed by atoms with Gasteiger partial charge in [-0.2, -0.15) is 0 Å². The zero-order valence-electron chi connectivity index (χ0n) is 17.0. The lowest BCUT2D eigenvalue weighted by molar-refractivity contribution is -0.129. The number of aromatic carboxylic acids is 1. The number of hydrogen-bond donors (Lipinski definition) is 1. The Labute approximate surface area is 174 Å². The number of hydrogen-bond acceptors (Lipinski definition) is 4. The van der Waals surface area contributed by atoms with E-state index in [1.807, 2.05) is 30.3 Å². The Morgan fingerprint density at radius 3 is 2.67 bits per heavy atom. The SMILES string of the molecule is CC(=O)N1CCc2c(cn([C@@H]3CCC[C@H]3OCc3ccccc3)c(=O)c2C(=O)O)C1. The number of benzene rings is 1. The third kappa shape index (κ3) is 3.89. The molecule has 1 aliphatic carbocycles. The lowest BCUT2D eigenvalue weighted by atomic mass is 9.96. The van der Waals surface area contributed by atoms with Crippen LogP contribution < -0.4 is 5.56 Å². The first-order valence-corrected chi connectivity index (χ1v) is 10.4. The van der Waals surface area contributed by atoms with Crippen LogP contribution in [0.4, 0.5) is 0 Å². The first kappa shape index (κ1) is 20.3. The maximum atomic E-state index is 13.2. The summed E-state index contributed by atoms with van der Waals surface area (Å²) in [7, 11) is 0. The summed E-state index contributed by atoms with van der Waals surface area (Å²) in [5.41, 5.74) is 1.72. The average molecular weight is 410 g/mol. The molecular weight excluding hydrogens is 384 g/mol. The zero-order valence-corrected chi connectivity index (χ0v) is 17.0. The summed E-state index contributed by atoms with van der Waals surface area (Å²) in [5.74, 6) is -1.26. The Bertz CT molecular complexity index is 1010. The molecule has 0 spiro atoms. The number of pyridine rings is 1. The lowest BCUT2D eigenvalue weighted by Crippen LogP contribution is -2.40. The molecule has 1 aromatic heterocycles. The van der Waals surface area contributed by atoms with Gasteiger partial charge in [-0.3, -0.25) is 9.59 Å². The smallest absolute Gasteiger partial charge is 0.341 e. The molecule has 0 radical (unpaired) electrons. The molecule has 2 heterocycles. The average Bonchev–Trinajstić information content (AvgIpc) is 3.20. The van der Waals surface area contributed by atoms with E-state index in [2.05, 4.69) is 0 Å². The number of fused-ring (bicyclic) bond motifs is 1. The van der Waals surface area contributed by atoms with Crippen LogP contribution in [0.3, 0.4) is 0 Å². The third-order valence-corrected chi connectivity index (χ3v) is 6.17. The topological polar surface area (TPSA) is 88.8 Å². The van der Waals surface area contributed by atoms with Gasteiger partial charge in [-0.1, -0.05) is 30.3 Å². The number of aromatic nitrogens is 1. The minimum absolute atomic E-state index is 0.0554. The van der Waals surface area contributed by atoms with Crippen molar-refractivity contribution in [1.29, 1.82) is 0 Å². The molecule has 1 N–H and O–H groups in total. The molecule has 0 bridgehead atoms. The first-order valence-electron chi connectivity index (χ1n) is 10.4. The largest absolute Gasteiger partial charge is 0.477 e. The summed E-state index contributed by atoms with van der Waals surface area (Å²) in [6.07, 6.45) is 4.47. The molecular formula is C23H26N2O5. The molecule has 2 aliphatic rings. The maximum absolute atomic E-state index is 13.2. The van der Waals surface area contributed by atoms with E-state index in [0.717, 1.165) is 30.4 Å². The molecule has 4 rings (SSSR count). The van der Waals surface area contributed by atoms with E-state index in [-0.39, 0.29) is 23.6 Å². The monoisotopic (exact) mass is 410 g/mol. The second kappa shape index (κ2) is 8.44. The van der Waals surface area contributed by atoms with Crippen LogP contribution in [0.25, 0.3) is 0 Å². The van der Waals surface area contributed by atoms with Gasteiger partial charge in [0, 0.05) is 26.2 Å². The quantitative estimate of drug-likeness (QED) is 0.819. The van der Waals surface area contributed by atoms with Crippen molar-refractivity contribution in [1.82, 2.24) is 9.47 Å². The third-order valence-electron chi connectivity index (χ3n) is 6.17. The van der Waals surface area contributed by atoms with E-state index < -0.39 is 11.5 Å². The normalized spacial score (nSPS) is 20.8. The van der Waals surface area contributed by atoms with Crippen LogP contribution in [-0.4, -0.2) is 39.1 Å². The van der Waals surface area contributed by atoms with Crippen LogP contribution in [0.1, 0.15) is 59.3 Å². The number of ether oxygens (including phenoxy) is 1. The van der Waals surface area contributed by atoms with Gasteiger partial charge in [0.05, 0.1) is 18.8 Å². The Morgan fingerprint density at radius 1 is 1.20 bits per heavy atom. The van der Waals surface area contributed by atoms with Gasteiger partial charge in [-0.05, 0) is 42.4 Å². The van der Waals surface area contributed by atoms with Crippen molar-refractivity contribution in [3.63, 3.8) is 0 Å². The molecule has 7 nitrogen and oxygen atoms in total. The first-order chi connectivity index (χ1) is 14.5. The van der Waals surface area contributed by atoms with Gasteiger partial charge in [0.1, 0.15) is 5.56 Å². The summed E-state index contributed by atoms with van der Waals surface area (Å²) in [6.45, 7) is 2.71. The number of nitrogens with zero attached hydrogens (tertiary/aromatic N) is 2. The number of rotatable bonds is 5. The molecule has 2 atom stereocenters. The van der Waals surface area contributed by atoms with Crippen molar-refractivity contribution in [2.75, 3.05) is 6.54 Å². The number of carboxylic acid groups (broad SMARTS) is 1. The van der Waals surface area contributed by atoms with Crippen molar-refractivity contribution in [3.8, 4) is 0 Å². The highest BCUT2D eigenvalue weighted by Gasteiger charge is 2.34. The van der Waals surface area contributed by atoms with Gasteiger partial charge in [0.25, 0.3) is 5.56 Å². The van der Waals surface area contributed by atoms with Crippen LogP contribution in [0.2, 0.25) is 0 Å². The number of carboxylic acids is 1. The predicted octanol–water partition coefficient (Wildman–Crippen LogP) is 2.76. The molecule has 0 unspecified atom stereocenters. The van der Waals surface area contributed by atoms with Gasteiger partial charge in [-0.25, -0.2) is 4.79 Å². The second-order valence-electron chi connectivity index (χ2n) is 8.05. The fourth-order valence-electron chi connectivity index (χ4n) is 4.61. The van der Waals surface area contributed by atoms with Crippen molar-refractivity contribution in [2.45, 2.75) is 57.9 Å².